The van der Waals surface area contributed by atoms with Gasteiger partial charge >= 0.3 is 0 Å². The van der Waals surface area contributed by atoms with E-state index in [4.69, 9.17) is 4.74 Å². The number of rotatable bonds is 4. The van der Waals surface area contributed by atoms with Gasteiger partial charge in [0.2, 0.25) is 9.84 Å². The Balaban J connectivity index is 1.96. The van der Waals surface area contributed by atoms with Crippen LogP contribution in [0.15, 0.2) is 29.2 Å². The van der Waals surface area contributed by atoms with E-state index >= 15 is 0 Å². The fraction of sp³-hybridized carbons (Fsp3) is 0.538. The molecule has 1 aromatic carbocycles. The van der Waals surface area contributed by atoms with Crippen LogP contribution in [0.4, 0.5) is 4.39 Å². The third kappa shape index (κ3) is 3.53. The van der Waals surface area contributed by atoms with Gasteiger partial charge < -0.3 is 4.74 Å². The molecule has 0 unspecified atom stereocenters. The Labute approximate surface area is 107 Å². The topological polar surface area (TPSA) is 43.4 Å². The van der Waals surface area contributed by atoms with E-state index in [9.17, 15) is 12.8 Å². The molecule has 0 heterocycles. The first-order valence-electron chi connectivity index (χ1n) is 6.18. The number of sulfone groups is 1. The normalized spacial score (nSPS) is 17.8. The van der Waals surface area contributed by atoms with E-state index in [0.29, 0.717) is 0 Å². The summed E-state index contributed by atoms with van der Waals surface area (Å²) in [6, 6.07) is 4.84. The second-order valence-electron chi connectivity index (χ2n) is 4.61. The van der Waals surface area contributed by atoms with Crippen molar-refractivity contribution < 1.29 is 17.5 Å². The molecular formula is C13H17FO3S. The molecule has 0 amide bonds. The fourth-order valence-corrected chi connectivity index (χ4v) is 3.19. The summed E-state index contributed by atoms with van der Waals surface area (Å²) in [5.41, 5.74) is 0. The van der Waals surface area contributed by atoms with Crippen molar-refractivity contribution in [3.05, 3.63) is 30.1 Å². The Morgan fingerprint density at radius 3 is 2.33 bits per heavy atom. The van der Waals surface area contributed by atoms with Crippen LogP contribution in [0.3, 0.4) is 0 Å². The lowest BCUT2D eigenvalue weighted by molar-refractivity contribution is 0.0568. The molecule has 5 heteroatoms. The highest BCUT2D eigenvalue weighted by Crippen LogP contribution is 2.21. The van der Waals surface area contributed by atoms with Crippen LogP contribution in [0.25, 0.3) is 0 Å². The molecule has 0 radical (unpaired) electrons. The van der Waals surface area contributed by atoms with Crippen LogP contribution in [0.5, 0.6) is 0 Å². The molecule has 0 aliphatic heterocycles. The SMILES string of the molecule is O=S(=O)(COC1CCCCC1)c1ccc(F)cc1. The zero-order valence-corrected chi connectivity index (χ0v) is 11.0. The quantitative estimate of drug-likeness (QED) is 0.792. The maximum atomic E-state index is 12.7. The van der Waals surface area contributed by atoms with Gasteiger partial charge in [0.15, 0.2) is 5.94 Å². The Kier molecular flexibility index (Phi) is 4.35. The third-order valence-electron chi connectivity index (χ3n) is 3.18. The van der Waals surface area contributed by atoms with Gasteiger partial charge in [-0.05, 0) is 37.1 Å². The van der Waals surface area contributed by atoms with Crippen molar-refractivity contribution in [2.24, 2.45) is 0 Å². The summed E-state index contributed by atoms with van der Waals surface area (Å²) in [6.07, 6.45) is 5.30. The van der Waals surface area contributed by atoms with Gasteiger partial charge in [-0.1, -0.05) is 19.3 Å². The van der Waals surface area contributed by atoms with Crippen molar-refractivity contribution in [3.8, 4) is 0 Å². The van der Waals surface area contributed by atoms with E-state index in [0.717, 1.165) is 37.8 Å². The van der Waals surface area contributed by atoms with Crippen molar-refractivity contribution in [1.82, 2.24) is 0 Å². The van der Waals surface area contributed by atoms with Gasteiger partial charge in [0.1, 0.15) is 5.82 Å². The number of benzene rings is 1. The molecule has 0 bridgehead atoms. The van der Waals surface area contributed by atoms with Crippen molar-refractivity contribution in [1.29, 1.82) is 0 Å². The smallest absolute Gasteiger partial charge is 0.202 e. The minimum atomic E-state index is -3.47. The summed E-state index contributed by atoms with van der Waals surface area (Å²) in [6.45, 7) is 0. The van der Waals surface area contributed by atoms with Crippen molar-refractivity contribution in [3.63, 3.8) is 0 Å². The monoisotopic (exact) mass is 272 g/mol. The molecule has 1 saturated carbocycles. The van der Waals surface area contributed by atoms with E-state index in [1.165, 1.54) is 18.6 Å². The standard InChI is InChI=1S/C13H17FO3S/c14-11-6-8-13(9-7-11)18(15,16)10-17-12-4-2-1-3-5-12/h6-9,12H,1-5,10H2. The van der Waals surface area contributed by atoms with Crippen LogP contribution in [-0.4, -0.2) is 20.5 Å². The number of hydrogen-bond acceptors (Lipinski definition) is 3. The predicted octanol–water partition coefficient (Wildman–Crippen LogP) is 2.91. The van der Waals surface area contributed by atoms with E-state index in [2.05, 4.69) is 0 Å². The van der Waals surface area contributed by atoms with Crippen LogP contribution in [0.1, 0.15) is 32.1 Å². The second-order valence-corrected chi connectivity index (χ2v) is 6.55. The van der Waals surface area contributed by atoms with Gasteiger partial charge in [0.25, 0.3) is 0 Å². The number of ether oxygens (including phenoxy) is 1. The highest BCUT2D eigenvalue weighted by molar-refractivity contribution is 7.91. The van der Waals surface area contributed by atoms with Gasteiger partial charge in [-0.2, -0.15) is 0 Å². The molecule has 3 nitrogen and oxygen atoms in total. The van der Waals surface area contributed by atoms with Gasteiger partial charge in [0, 0.05) is 0 Å². The molecule has 0 N–H and O–H groups in total. The maximum absolute atomic E-state index is 12.7. The van der Waals surface area contributed by atoms with Crippen LogP contribution < -0.4 is 0 Å². The molecule has 0 saturated heterocycles. The Bertz CT molecular complexity index is 475. The van der Waals surface area contributed by atoms with Crippen LogP contribution in [-0.2, 0) is 14.6 Å². The second kappa shape index (κ2) is 5.80. The Hall–Kier alpha value is -0.940. The molecule has 0 spiro atoms. The molecule has 0 atom stereocenters. The molecule has 100 valence electrons. The molecule has 1 aromatic rings. The van der Waals surface area contributed by atoms with Crippen molar-refractivity contribution in [2.75, 3.05) is 5.94 Å². The summed E-state index contributed by atoms with van der Waals surface area (Å²) in [5, 5.41) is 0. The molecule has 1 aliphatic rings. The number of halogens is 1. The Morgan fingerprint density at radius 2 is 1.72 bits per heavy atom. The van der Waals surface area contributed by atoms with Crippen LogP contribution >= 0.6 is 0 Å². The zero-order chi connectivity index (χ0) is 13.0. The molecule has 2 rings (SSSR count). The first-order chi connectivity index (χ1) is 8.58. The average molecular weight is 272 g/mol. The van der Waals surface area contributed by atoms with Gasteiger partial charge in [-0.3, -0.25) is 0 Å². The van der Waals surface area contributed by atoms with Crippen molar-refractivity contribution in [2.45, 2.75) is 43.1 Å². The molecule has 0 aromatic heterocycles. The van der Waals surface area contributed by atoms with Crippen molar-refractivity contribution >= 4 is 9.84 Å². The third-order valence-corrected chi connectivity index (χ3v) is 4.62. The average Bonchev–Trinajstić information content (AvgIpc) is 2.38. The fourth-order valence-electron chi connectivity index (χ4n) is 2.13. The summed E-state index contributed by atoms with van der Waals surface area (Å²) in [7, 11) is -3.47. The molecule has 1 aliphatic carbocycles. The summed E-state index contributed by atoms with van der Waals surface area (Å²) in [5.74, 6) is -0.759. The molecular weight excluding hydrogens is 255 g/mol. The van der Waals surface area contributed by atoms with Crippen LogP contribution in [0, 0.1) is 5.82 Å². The van der Waals surface area contributed by atoms with E-state index in [1.807, 2.05) is 0 Å². The van der Waals surface area contributed by atoms with E-state index < -0.39 is 15.7 Å². The van der Waals surface area contributed by atoms with Crippen LogP contribution in [0.2, 0.25) is 0 Å². The minimum absolute atomic E-state index is 0.0500. The largest absolute Gasteiger partial charge is 0.362 e. The highest BCUT2D eigenvalue weighted by atomic mass is 32.2. The van der Waals surface area contributed by atoms with Gasteiger partial charge in [-0.25, -0.2) is 12.8 Å². The Morgan fingerprint density at radius 1 is 1.11 bits per heavy atom. The lowest BCUT2D eigenvalue weighted by atomic mass is 9.98. The first kappa shape index (κ1) is 13.5. The summed E-state index contributed by atoms with van der Waals surface area (Å²) >= 11 is 0. The van der Waals surface area contributed by atoms with E-state index in [1.54, 1.807) is 0 Å². The van der Waals surface area contributed by atoms with Gasteiger partial charge in [-0.15, -0.1) is 0 Å². The highest BCUT2D eigenvalue weighted by Gasteiger charge is 2.19. The lowest BCUT2D eigenvalue weighted by Crippen LogP contribution is -2.21. The minimum Gasteiger partial charge on any atom is -0.362 e. The molecule has 18 heavy (non-hydrogen) atoms. The van der Waals surface area contributed by atoms with Gasteiger partial charge in [0.05, 0.1) is 11.0 Å². The first-order valence-corrected chi connectivity index (χ1v) is 7.83. The number of hydrogen-bond donors (Lipinski definition) is 0. The maximum Gasteiger partial charge on any atom is 0.202 e. The predicted molar refractivity (Wildman–Crippen MR) is 66.4 cm³/mol. The molecule has 1 fully saturated rings. The summed E-state index contributed by atoms with van der Waals surface area (Å²) in [4.78, 5) is 0.111. The zero-order valence-electron chi connectivity index (χ0n) is 10.1. The lowest BCUT2D eigenvalue weighted by Gasteiger charge is -2.21. The van der Waals surface area contributed by atoms with E-state index in [-0.39, 0.29) is 16.9 Å². The summed E-state index contributed by atoms with van der Waals surface area (Å²) < 4.78 is 42.1.